The number of hydrogen-bond donors (Lipinski definition) is 1. The summed E-state index contributed by atoms with van der Waals surface area (Å²) in [6.45, 7) is 0. The van der Waals surface area contributed by atoms with Gasteiger partial charge in [-0.1, -0.05) is 0 Å². The van der Waals surface area contributed by atoms with Crippen LogP contribution in [0.4, 0.5) is 8.78 Å². The molecule has 1 N–H and O–H groups in total. The molecule has 1 heterocycles. The first kappa shape index (κ1) is 13.2. The van der Waals surface area contributed by atoms with Gasteiger partial charge in [0.15, 0.2) is 0 Å². The van der Waals surface area contributed by atoms with Crippen molar-refractivity contribution in [1.82, 2.24) is 5.32 Å². The molecule has 2 unspecified atom stereocenters. The van der Waals surface area contributed by atoms with Crippen LogP contribution in [0.1, 0.15) is 11.6 Å². The van der Waals surface area contributed by atoms with Crippen LogP contribution in [0, 0.1) is 11.6 Å². The minimum absolute atomic E-state index is 0.122. The summed E-state index contributed by atoms with van der Waals surface area (Å²) in [6.07, 6.45) is 0. The quantitative estimate of drug-likeness (QED) is 0.910. The van der Waals surface area contributed by atoms with Gasteiger partial charge in [-0.3, -0.25) is 0 Å². The Labute approximate surface area is 109 Å². The molecule has 0 radical (unpaired) electrons. The Kier molecular flexibility index (Phi) is 4.70. The zero-order valence-electron chi connectivity index (χ0n) is 9.58. The first-order valence-corrected chi connectivity index (χ1v) is 7.74. The maximum Gasteiger partial charge on any atom is 0.128 e. The molecule has 17 heavy (non-hydrogen) atoms. The number of hydrogen-bond acceptors (Lipinski definition) is 3. The van der Waals surface area contributed by atoms with Crippen LogP contribution in [0.25, 0.3) is 0 Å². The topological polar surface area (TPSA) is 12.0 Å². The van der Waals surface area contributed by atoms with Crippen LogP contribution < -0.4 is 5.32 Å². The Balaban J connectivity index is 2.24. The van der Waals surface area contributed by atoms with Crippen LogP contribution in [0.3, 0.4) is 0 Å². The van der Waals surface area contributed by atoms with E-state index < -0.39 is 0 Å². The van der Waals surface area contributed by atoms with E-state index in [1.54, 1.807) is 7.05 Å². The molecule has 1 nitrogen and oxygen atoms in total. The van der Waals surface area contributed by atoms with Gasteiger partial charge in [-0.05, 0) is 25.2 Å². The molecule has 5 heteroatoms. The van der Waals surface area contributed by atoms with Gasteiger partial charge in [0, 0.05) is 34.1 Å². The van der Waals surface area contributed by atoms with Crippen molar-refractivity contribution in [3.05, 3.63) is 35.4 Å². The normalized spacial score (nSPS) is 22.4. The minimum Gasteiger partial charge on any atom is -0.312 e. The standard InChI is InChI=1S/C12H15F2NS2/c1-15-12(11-7-16-4-5-17-11)9-6-8(13)2-3-10(9)14/h2-3,6,11-12,15H,4-5,7H2,1H3. The van der Waals surface area contributed by atoms with E-state index in [0.717, 1.165) is 23.3 Å². The first-order valence-electron chi connectivity index (χ1n) is 5.54. The molecule has 0 spiro atoms. The third-order valence-electron chi connectivity index (χ3n) is 2.82. The third kappa shape index (κ3) is 3.14. The maximum atomic E-state index is 13.7. The molecule has 1 aliphatic rings. The first-order chi connectivity index (χ1) is 8.22. The highest BCUT2D eigenvalue weighted by Gasteiger charge is 2.27. The van der Waals surface area contributed by atoms with Crippen molar-refractivity contribution in [2.24, 2.45) is 0 Å². The van der Waals surface area contributed by atoms with Crippen molar-refractivity contribution in [2.75, 3.05) is 24.3 Å². The van der Waals surface area contributed by atoms with Crippen molar-refractivity contribution in [3.8, 4) is 0 Å². The summed E-state index contributed by atoms with van der Waals surface area (Å²) in [6, 6.07) is 3.55. The largest absolute Gasteiger partial charge is 0.312 e. The number of rotatable bonds is 3. The lowest BCUT2D eigenvalue weighted by atomic mass is 10.0. The number of thioether (sulfide) groups is 2. The van der Waals surface area contributed by atoms with Crippen molar-refractivity contribution in [3.63, 3.8) is 0 Å². The highest BCUT2D eigenvalue weighted by molar-refractivity contribution is 8.06. The summed E-state index contributed by atoms with van der Waals surface area (Å²) < 4.78 is 26.9. The molecule has 0 aromatic heterocycles. The summed E-state index contributed by atoms with van der Waals surface area (Å²) in [5.74, 6) is 2.48. The second-order valence-electron chi connectivity index (χ2n) is 3.92. The van der Waals surface area contributed by atoms with Gasteiger partial charge in [-0.25, -0.2) is 8.78 Å². The zero-order valence-corrected chi connectivity index (χ0v) is 11.2. The Hall–Kier alpha value is -0.260. The predicted molar refractivity (Wildman–Crippen MR) is 71.7 cm³/mol. The average Bonchev–Trinajstić information content (AvgIpc) is 2.36. The smallest absolute Gasteiger partial charge is 0.128 e. The molecule has 1 saturated heterocycles. The van der Waals surface area contributed by atoms with Gasteiger partial charge in [-0.2, -0.15) is 23.5 Å². The second-order valence-corrected chi connectivity index (χ2v) is 6.41. The van der Waals surface area contributed by atoms with E-state index in [1.807, 2.05) is 23.5 Å². The molecule has 0 aliphatic carbocycles. The second kappa shape index (κ2) is 6.07. The predicted octanol–water partition coefficient (Wildman–Crippen LogP) is 3.07. The van der Waals surface area contributed by atoms with Crippen LogP contribution in [0.2, 0.25) is 0 Å². The zero-order chi connectivity index (χ0) is 12.3. The van der Waals surface area contributed by atoms with E-state index in [1.165, 1.54) is 12.1 Å². The molecule has 2 atom stereocenters. The van der Waals surface area contributed by atoms with Gasteiger partial charge in [0.1, 0.15) is 11.6 Å². The average molecular weight is 275 g/mol. The molecule has 0 bridgehead atoms. The van der Waals surface area contributed by atoms with E-state index in [2.05, 4.69) is 5.32 Å². The Morgan fingerprint density at radius 3 is 2.82 bits per heavy atom. The fourth-order valence-corrected chi connectivity index (χ4v) is 4.89. The van der Waals surface area contributed by atoms with Gasteiger partial charge in [0.25, 0.3) is 0 Å². The van der Waals surface area contributed by atoms with Crippen molar-refractivity contribution in [1.29, 1.82) is 0 Å². The molecule has 1 aromatic rings. The molecule has 1 aromatic carbocycles. The van der Waals surface area contributed by atoms with Crippen molar-refractivity contribution >= 4 is 23.5 Å². The van der Waals surface area contributed by atoms with Gasteiger partial charge in [0.05, 0.1) is 0 Å². The highest BCUT2D eigenvalue weighted by atomic mass is 32.2. The molecular weight excluding hydrogens is 260 g/mol. The Morgan fingerprint density at radius 1 is 1.35 bits per heavy atom. The molecule has 0 amide bonds. The maximum absolute atomic E-state index is 13.7. The van der Waals surface area contributed by atoms with Gasteiger partial charge < -0.3 is 5.32 Å². The fraction of sp³-hybridized carbons (Fsp3) is 0.500. The van der Waals surface area contributed by atoms with Gasteiger partial charge >= 0.3 is 0 Å². The van der Waals surface area contributed by atoms with Crippen molar-refractivity contribution in [2.45, 2.75) is 11.3 Å². The van der Waals surface area contributed by atoms with E-state index in [9.17, 15) is 8.78 Å². The van der Waals surface area contributed by atoms with Crippen LogP contribution in [-0.2, 0) is 0 Å². The number of nitrogens with one attached hydrogen (secondary N) is 1. The highest BCUT2D eigenvalue weighted by Crippen LogP contribution is 2.34. The summed E-state index contributed by atoms with van der Waals surface area (Å²) in [5.41, 5.74) is 0.438. The summed E-state index contributed by atoms with van der Waals surface area (Å²) in [5, 5.41) is 3.42. The van der Waals surface area contributed by atoms with Gasteiger partial charge in [0.2, 0.25) is 0 Å². The summed E-state index contributed by atoms with van der Waals surface area (Å²) in [4.78, 5) is 0. The molecular formula is C12H15F2NS2. The molecule has 2 rings (SSSR count). The Bertz CT molecular complexity index is 381. The monoisotopic (exact) mass is 275 g/mol. The van der Waals surface area contributed by atoms with Crippen LogP contribution in [0.15, 0.2) is 18.2 Å². The molecule has 1 aliphatic heterocycles. The summed E-state index contributed by atoms with van der Waals surface area (Å²) >= 11 is 3.71. The minimum atomic E-state index is -0.380. The van der Waals surface area contributed by atoms with Crippen LogP contribution in [0.5, 0.6) is 0 Å². The van der Waals surface area contributed by atoms with Crippen molar-refractivity contribution < 1.29 is 8.78 Å². The van der Waals surface area contributed by atoms with Gasteiger partial charge in [-0.15, -0.1) is 0 Å². The summed E-state index contributed by atoms with van der Waals surface area (Å²) in [7, 11) is 1.80. The lowest BCUT2D eigenvalue weighted by Gasteiger charge is -2.29. The third-order valence-corrected chi connectivity index (χ3v) is 5.68. The lowest BCUT2D eigenvalue weighted by Crippen LogP contribution is -2.32. The van der Waals surface area contributed by atoms with Crippen LogP contribution >= 0.6 is 23.5 Å². The van der Waals surface area contributed by atoms with E-state index in [-0.39, 0.29) is 17.7 Å². The van der Waals surface area contributed by atoms with E-state index in [4.69, 9.17) is 0 Å². The van der Waals surface area contributed by atoms with E-state index in [0.29, 0.717) is 10.8 Å². The van der Waals surface area contributed by atoms with Crippen LogP contribution in [-0.4, -0.2) is 29.6 Å². The van der Waals surface area contributed by atoms with E-state index >= 15 is 0 Å². The Morgan fingerprint density at radius 2 is 2.18 bits per heavy atom. The molecule has 0 saturated carbocycles. The SMILES string of the molecule is CNC(c1cc(F)ccc1F)C1CSCCS1. The number of halogens is 2. The molecule has 1 fully saturated rings. The number of benzene rings is 1. The fourth-order valence-electron chi connectivity index (χ4n) is 1.99. The molecule has 94 valence electrons. The lowest BCUT2D eigenvalue weighted by molar-refractivity contribution is 0.523.